The van der Waals surface area contributed by atoms with Gasteiger partial charge in [-0.15, -0.1) is 0 Å². The van der Waals surface area contributed by atoms with Crippen LogP contribution in [0.5, 0.6) is 0 Å². The summed E-state index contributed by atoms with van der Waals surface area (Å²) < 4.78 is 26.7. The minimum atomic E-state index is -0.478. The first-order valence-electron chi connectivity index (χ1n) is 5.89. The van der Waals surface area contributed by atoms with E-state index in [2.05, 4.69) is 9.97 Å². The van der Waals surface area contributed by atoms with Crippen molar-refractivity contribution in [3.05, 3.63) is 41.7 Å². The van der Waals surface area contributed by atoms with Gasteiger partial charge >= 0.3 is 0 Å². The average Bonchev–Trinajstić information content (AvgIpc) is 3.17. The first-order chi connectivity index (χ1) is 9.11. The summed E-state index contributed by atoms with van der Waals surface area (Å²) in [4.78, 5) is 8.70. The second kappa shape index (κ2) is 4.77. The number of hydrogen-bond donors (Lipinski definition) is 1. The molecule has 1 aliphatic carbocycles. The van der Waals surface area contributed by atoms with Crippen LogP contribution in [-0.4, -0.2) is 9.97 Å². The zero-order chi connectivity index (χ0) is 13.4. The van der Waals surface area contributed by atoms with Crippen LogP contribution >= 0.6 is 11.8 Å². The normalized spacial score (nSPS) is 14.6. The molecule has 0 unspecified atom stereocenters. The summed E-state index contributed by atoms with van der Waals surface area (Å²) in [5.41, 5.74) is 5.71. The highest BCUT2D eigenvalue weighted by Crippen LogP contribution is 2.39. The second-order valence-electron chi connectivity index (χ2n) is 4.44. The molecule has 0 atom stereocenters. The first kappa shape index (κ1) is 12.3. The largest absolute Gasteiger partial charge is 0.384 e. The van der Waals surface area contributed by atoms with E-state index in [-0.39, 0.29) is 4.90 Å². The fourth-order valence-corrected chi connectivity index (χ4v) is 2.59. The molecule has 0 radical (unpaired) electrons. The number of hydrogen-bond acceptors (Lipinski definition) is 4. The lowest BCUT2D eigenvalue weighted by Crippen LogP contribution is -1.99. The van der Waals surface area contributed by atoms with Crippen molar-refractivity contribution in [2.24, 2.45) is 0 Å². The number of nitrogen functional groups attached to an aromatic ring is 1. The molecule has 2 N–H and O–H groups in total. The summed E-state index contributed by atoms with van der Waals surface area (Å²) in [5, 5.41) is 0.541. The molecule has 6 heteroatoms. The third-order valence-electron chi connectivity index (χ3n) is 2.79. The monoisotopic (exact) mass is 279 g/mol. The summed E-state index contributed by atoms with van der Waals surface area (Å²) in [5.74, 6) is 0.459. The van der Waals surface area contributed by atoms with Crippen LogP contribution in [0.25, 0.3) is 0 Å². The van der Waals surface area contributed by atoms with E-state index >= 15 is 0 Å². The Morgan fingerprint density at radius 1 is 1.16 bits per heavy atom. The Balaban J connectivity index is 1.92. The van der Waals surface area contributed by atoms with Gasteiger partial charge in [-0.1, -0.05) is 11.8 Å². The van der Waals surface area contributed by atoms with Crippen molar-refractivity contribution < 1.29 is 8.78 Å². The molecular formula is C13H11F2N3S. The van der Waals surface area contributed by atoms with Crippen LogP contribution in [0.1, 0.15) is 24.6 Å². The molecule has 98 valence electrons. The molecule has 1 aliphatic rings. The summed E-state index contributed by atoms with van der Waals surface area (Å²) in [6.45, 7) is 0. The number of anilines is 1. The van der Waals surface area contributed by atoms with Gasteiger partial charge in [-0.3, -0.25) is 0 Å². The summed E-state index contributed by atoms with van der Waals surface area (Å²) in [6, 6.07) is 4.91. The van der Waals surface area contributed by atoms with Crippen LogP contribution in [0.4, 0.5) is 14.6 Å². The van der Waals surface area contributed by atoms with Gasteiger partial charge < -0.3 is 5.73 Å². The highest BCUT2D eigenvalue weighted by molar-refractivity contribution is 7.99. The van der Waals surface area contributed by atoms with Crippen molar-refractivity contribution in [1.82, 2.24) is 9.97 Å². The van der Waals surface area contributed by atoms with Crippen molar-refractivity contribution in [1.29, 1.82) is 0 Å². The van der Waals surface area contributed by atoms with Crippen molar-refractivity contribution in [3.63, 3.8) is 0 Å². The van der Waals surface area contributed by atoms with E-state index in [1.165, 1.54) is 0 Å². The minimum absolute atomic E-state index is 0.194. The van der Waals surface area contributed by atoms with Gasteiger partial charge in [0.1, 0.15) is 28.3 Å². The van der Waals surface area contributed by atoms with E-state index in [0.29, 0.717) is 22.6 Å². The van der Waals surface area contributed by atoms with Gasteiger partial charge in [0, 0.05) is 12.0 Å². The summed E-state index contributed by atoms with van der Waals surface area (Å²) >= 11 is 1.06. The molecule has 1 fully saturated rings. The maximum absolute atomic E-state index is 13.6. The number of rotatable bonds is 3. The summed E-state index contributed by atoms with van der Waals surface area (Å²) in [7, 11) is 0. The molecule has 1 heterocycles. The smallest absolute Gasteiger partial charge is 0.137 e. The van der Waals surface area contributed by atoms with Gasteiger partial charge in [0.15, 0.2) is 0 Å². The number of halogens is 2. The second-order valence-corrected chi connectivity index (χ2v) is 5.50. The predicted octanol–water partition coefficient (Wildman–Crippen LogP) is 3.37. The van der Waals surface area contributed by atoms with Crippen molar-refractivity contribution in [2.45, 2.75) is 28.7 Å². The van der Waals surface area contributed by atoms with Crippen LogP contribution in [-0.2, 0) is 0 Å². The van der Waals surface area contributed by atoms with E-state index in [1.807, 2.05) is 0 Å². The molecule has 2 aromatic rings. The van der Waals surface area contributed by atoms with Gasteiger partial charge in [-0.25, -0.2) is 18.7 Å². The maximum Gasteiger partial charge on any atom is 0.137 e. The summed E-state index contributed by atoms with van der Waals surface area (Å²) in [6.07, 6.45) is 2.11. The SMILES string of the molecule is Nc1cc(Sc2cc(F)ccc2F)nc(C2CC2)n1. The third kappa shape index (κ3) is 2.84. The molecule has 0 aliphatic heterocycles. The van der Waals surface area contributed by atoms with E-state index in [9.17, 15) is 8.78 Å². The Hall–Kier alpha value is -1.69. The lowest BCUT2D eigenvalue weighted by molar-refractivity contribution is 0.577. The fourth-order valence-electron chi connectivity index (χ4n) is 1.71. The first-order valence-corrected chi connectivity index (χ1v) is 6.71. The topological polar surface area (TPSA) is 51.8 Å². The molecule has 0 bridgehead atoms. The lowest BCUT2D eigenvalue weighted by atomic mass is 10.3. The van der Waals surface area contributed by atoms with Gasteiger partial charge in [-0.2, -0.15) is 0 Å². The van der Waals surface area contributed by atoms with E-state index < -0.39 is 11.6 Å². The van der Waals surface area contributed by atoms with Gasteiger partial charge in [0.05, 0.1) is 4.90 Å². The molecule has 19 heavy (non-hydrogen) atoms. The predicted molar refractivity (Wildman–Crippen MR) is 68.9 cm³/mol. The van der Waals surface area contributed by atoms with Crippen LogP contribution < -0.4 is 5.73 Å². The Kier molecular flexibility index (Phi) is 3.10. The van der Waals surface area contributed by atoms with Gasteiger partial charge in [0.2, 0.25) is 0 Å². The number of aromatic nitrogens is 2. The van der Waals surface area contributed by atoms with Crippen molar-refractivity contribution in [3.8, 4) is 0 Å². The van der Waals surface area contributed by atoms with E-state index in [1.54, 1.807) is 6.07 Å². The standard InChI is InChI=1S/C13H11F2N3S/c14-8-3-4-9(15)10(5-8)19-12-6-11(16)17-13(18-12)7-1-2-7/h3-7H,1-2H2,(H2,16,17,18). The Bertz CT molecular complexity index is 629. The molecule has 0 spiro atoms. The van der Waals surface area contributed by atoms with Gasteiger partial charge in [-0.05, 0) is 31.0 Å². The molecule has 1 saturated carbocycles. The highest BCUT2D eigenvalue weighted by atomic mass is 32.2. The Morgan fingerprint density at radius 2 is 1.95 bits per heavy atom. The Morgan fingerprint density at radius 3 is 2.68 bits per heavy atom. The Labute approximate surface area is 113 Å². The molecular weight excluding hydrogens is 268 g/mol. The average molecular weight is 279 g/mol. The van der Waals surface area contributed by atoms with E-state index in [4.69, 9.17) is 5.73 Å². The molecule has 3 rings (SSSR count). The molecule has 3 nitrogen and oxygen atoms in total. The van der Waals surface area contributed by atoms with Crippen LogP contribution in [0.15, 0.2) is 34.2 Å². The number of nitrogens with zero attached hydrogens (tertiary/aromatic N) is 2. The quantitative estimate of drug-likeness (QED) is 0.875. The third-order valence-corrected chi connectivity index (χ3v) is 3.74. The molecule has 1 aromatic carbocycles. The van der Waals surface area contributed by atoms with Crippen LogP contribution in [0.2, 0.25) is 0 Å². The van der Waals surface area contributed by atoms with E-state index in [0.717, 1.165) is 42.8 Å². The minimum Gasteiger partial charge on any atom is -0.384 e. The van der Waals surface area contributed by atoms with Crippen molar-refractivity contribution >= 4 is 17.6 Å². The fraction of sp³-hybridized carbons (Fsp3) is 0.231. The maximum atomic E-state index is 13.6. The lowest BCUT2D eigenvalue weighted by Gasteiger charge is -2.05. The van der Waals surface area contributed by atoms with Crippen LogP contribution in [0.3, 0.4) is 0 Å². The molecule has 1 aromatic heterocycles. The molecule has 0 saturated heterocycles. The van der Waals surface area contributed by atoms with Gasteiger partial charge in [0.25, 0.3) is 0 Å². The number of nitrogens with two attached hydrogens (primary N) is 1. The number of benzene rings is 1. The molecule has 0 amide bonds. The zero-order valence-electron chi connectivity index (χ0n) is 9.94. The van der Waals surface area contributed by atoms with Crippen LogP contribution in [0, 0.1) is 11.6 Å². The zero-order valence-corrected chi connectivity index (χ0v) is 10.8. The highest BCUT2D eigenvalue weighted by Gasteiger charge is 2.27. The van der Waals surface area contributed by atoms with Crippen molar-refractivity contribution in [2.75, 3.05) is 5.73 Å².